The number of anilines is 2. The maximum Gasteiger partial charge on any atom is 0.266 e. The van der Waals surface area contributed by atoms with Crippen molar-refractivity contribution >= 4 is 38.1 Å². The van der Waals surface area contributed by atoms with Crippen LogP contribution in [0.3, 0.4) is 0 Å². The predicted octanol–water partition coefficient (Wildman–Crippen LogP) is 4.02. The number of hydrogen-bond donors (Lipinski definition) is 2. The molecule has 8 heteroatoms. The Morgan fingerprint density at radius 3 is 2.31 bits per heavy atom. The van der Waals surface area contributed by atoms with Gasteiger partial charge in [0.05, 0.1) is 18.4 Å². The molecule has 1 amide bonds. The highest BCUT2D eigenvalue weighted by Gasteiger charge is 2.29. The molecule has 0 saturated carbocycles. The second-order valence-electron chi connectivity index (χ2n) is 8.22. The van der Waals surface area contributed by atoms with Crippen molar-refractivity contribution in [2.45, 2.75) is 17.7 Å². The first-order chi connectivity index (χ1) is 16.8. The third kappa shape index (κ3) is 5.38. The zero-order valence-electron chi connectivity index (χ0n) is 19.3. The highest BCUT2D eigenvalue weighted by Crippen LogP contribution is 2.26. The Hall–Kier alpha value is -4.04. The van der Waals surface area contributed by atoms with E-state index in [2.05, 4.69) is 0 Å². The van der Waals surface area contributed by atoms with E-state index in [0.717, 1.165) is 20.6 Å². The van der Waals surface area contributed by atoms with Gasteiger partial charge in [0.2, 0.25) is 5.91 Å². The molecule has 4 N–H and O–H groups in total. The molecule has 4 rings (SSSR count). The van der Waals surface area contributed by atoms with Crippen molar-refractivity contribution in [3.8, 4) is 5.75 Å². The van der Waals surface area contributed by atoms with Crippen LogP contribution in [-0.4, -0.2) is 32.3 Å². The number of amides is 1. The highest BCUT2D eigenvalue weighted by molar-refractivity contribution is 7.89. The molecule has 0 atom stereocenters. The Kier molecular flexibility index (Phi) is 6.93. The first-order valence-electron chi connectivity index (χ1n) is 11.1. The summed E-state index contributed by atoms with van der Waals surface area (Å²) in [5, 5.41) is 1.94. The van der Waals surface area contributed by atoms with Crippen LogP contribution < -0.4 is 16.2 Å². The average molecular weight is 490 g/mol. The van der Waals surface area contributed by atoms with E-state index in [0.29, 0.717) is 29.1 Å². The normalized spacial score (nSPS) is 11.3. The van der Waals surface area contributed by atoms with E-state index in [9.17, 15) is 13.2 Å². The molecule has 0 saturated heterocycles. The van der Waals surface area contributed by atoms with Gasteiger partial charge in [-0.1, -0.05) is 42.5 Å². The smallest absolute Gasteiger partial charge is 0.266 e. The van der Waals surface area contributed by atoms with Gasteiger partial charge in [-0.2, -0.15) is 0 Å². The maximum absolute atomic E-state index is 13.6. The fourth-order valence-electron chi connectivity index (χ4n) is 4.03. The van der Waals surface area contributed by atoms with Crippen LogP contribution in [0.2, 0.25) is 0 Å². The summed E-state index contributed by atoms with van der Waals surface area (Å²) in [7, 11) is -2.55. The number of benzene rings is 4. The molecule has 0 aliphatic carbocycles. The monoisotopic (exact) mass is 489 g/mol. The number of nitrogen functional groups attached to an aromatic ring is 2. The van der Waals surface area contributed by atoms with Crippen molar-refractivity contribution in [2.75, 3.05) is 25.1 Å². The van der Waals surface area contributed by atoms with E-state index in [-0.39, 0.29) is 17.9 Å². The number of carbonyl (C=O) groups excluding carboxylic acids is 1. The van der Waals surface area contributed by atoms with Gasteiger partial charge in [-0.25, -0.2) is 12.7 Å². The summed E-state index contributed by atoms with van der Waals surface area (Å²) in [6.07, 6.45) is 0.227. The lowest BCUT2D eigenvalue weighted by Gasteiger charge is -2.23. The Morgan fingerprint density at radius 1 is 0.886 bits per heavy atom. The van der Waals surface area contributed by atoms with Crippen LogP contribution >= 0.6 is 0 Å². The fraction of sp³-hybridized carbons (Fsp3) is 0.148. The third-order valence-corrected chi connectivity index (χ3v) is 7.61. The predicted molar refractivity (Wildman–Crippen MR) is 139 cm³/mol. The van der Waals surface area contributed by atoms with Gasteiger partial charge < -0.3 is 16.2 Å². The Morgan fingerprint density at radius 2 is 1.60 bits per heavy atom. The SMILES string of the molecule is COc1ccc2cccc(CCN(C(=O)Cc3cccc(N)c3)S(=O)(=O)c3cccc(N)c3)c2c1. The van der Waals surface area contributed by atoms with Crippen LogP contribution in [0.5, 0.6) is 5.75 Å². The van der Waals surface area contributed by atoms with Crippen molar-refractivity contribution in [2.24, 2.45) is 0 Å². The van der Waals surface area contributed by atoms with Gasteiger partial charge in [-0.3, -0.25) is 4.79 Å². The molecule has 0 radical (unpaired) electrons. The molecule has 0 heterocycles. The number of rotatable bonds is 8. The highest BCUT2D eigenvalue weighted by atomic mass is 32.2. The largest absolute Gasteiger partial charge is 0.497 e. The molecule has 0 aromatic heterocycles. The van der Waals surface area contributed by atoms with Gasteiger partial charge in [0.25, 0.3) is 10.0 Å². The van der Waals surface area contributed by atoms with Crippen LogP contribution in [0.15, 0.2) is 89.8 Å². The Balaban J connectivity index is 1.69. The number of nitrogens with zero attached hydrogens (tertiary/aromatic N) is 1. The number of sulfonamides is 1. The molecule has 0 spiro atoms. The standard InChI is InChI=1S/C27H27N3O4S/c1-34-24-12-11-20-6-3-7-21(26(20)18-24)13-14-30(27(31)16-19-5-2-8-22(28)15-19)35(32,33)25-10-4-9-23(29)17-25/h2-12,15,17-18H,13-14,16,28-29H2,1H3. The minimum atomic E-state index is -4.14. The number of nitrogens with two attached hydrogens (primary N) is 2. The molecule has 0 fully saturated rings. The summed E-state index contributed by atoms with van der Waals surface area (Å²) in [5.74, 6) is 0.155. The Labute approximate surface area is 205 Å². The quantitative estimate of drug-likeness (QED) is 0.361. The van der Waals surface area contributed by atoms with Crippen LogP contribution in [-0.2, 0) is 27.7 Å². The minimum Gasteiger partial charge on any atom is -0.497 e. The van der Waals surface area contributed by atoms with Gasteiger partial charge in [0, 0.05) is 17.9 Å². The van der Waals surface area contributed by atoms with Crippen molar-refractivity contribution in [1.29, 1.82) is 0 Å². The van der Waals surface area contributed by atoms with Gasteiger partial charge in [0.15, 0.2) is 0 Å². The van der Waals surface area contributed by atoms with E-state index in [1.165, 1.54) is 12.1 Å². The molecule has 0 aliphatic heterocycles. The van der Waals surface area contributed by atoms with E-state index in [4.69, 9.17) is 16.2 Å². The summed E-state index contributed by atoms with van der Waals surface area (Å²) in [6, 6.07) is 24.4. The summed E-state index contributed by atoms with van der Waals surface area (Å²) in [5.41, 5.74) is 14.0. The number of carbonyl (C=O) groups is 1. The fourth-order valence-corrected chi connectivity index (χ4v) is 5.48. The molecule has 4 aromatic carbocycles. The van der Waals surface area contributed by atoms with Crippen LogP contribution in [0.4, 0.5) is 11.4 Å². The maximum atomic E-state index is 13.6. The first kappa shape index (κ1) is 24.1. The molecule has 4 aromatic rings. The molecule has 7 nitrogen and oxygen atoms in total. The lowest BCUT2D eigenvalue weighted by atomic mass is 10.0. The third-order valence-electron chi connectivity index (χ3n) is 5.79. The molecule has 35 heavy (non-hydrogen) atoms. The zero-order valence-corrected chi connectivity index (χ0v) is 20.2. The summed E-state index contributed by atoms with van der Waals surface area (Å²) < 4.78 is 33.4. The molecule has 0 unspecified atom stereocenters. The summed E-state index contributed by atoms with van der Waals surface area (Å²) in [6.45, 7) is -0.0331. The van der Waals surface area contributed by atoms with Crippen molar-refractivity contribution in [3.05, 3.63) is 96.1 Å². The van der Waals surface area contributed by atoms with Gasteiger partial charge in [-0.05, 0) is 70.8 Å². The topological polar surface area (TPSA) is 116 Å². The van der Waals surface area contributed by atoms with Crippen LogP contribution in [0.25, 0.3) is 10.8 Å². The van der Waals surface area contributed by atoms with Gasteiger partial charge >= 0.3 is 0 Å². The van der Waals surface area contributed by atoms with Crippen molar-refractivity contribution in [1.82, 2.24) is 4.31 Å². The van der Waals surface area contributed by atoms with Crippen molar-refractivity contribution < 1.29 is 17.9 Å². The lowest BCUT2D eigenvalue weighted by Crippen LogP contribution is -2.39. The lowest BCUT2D eigenvalue weighted by molar-refractivity contribution is -0.125. The number of hydrogen-bond acceptors (Lipinski definition) is 6. The zero-order chi connectivity index (χ0) is 25.0. The minimum absolute atomic E-state index is 0.0296. The number of methoxy groups -OCH3 is 1. The number of fused-ring (bicyclic) bond motifs is 1. The second kappa shape index (κ2) is 10.1. The number of ether oxygens (including phenoxy) is 1. The molecule has 0 bridgehead atoms. The molecular weight excluding hydrogens is 462 g/mol. The molecule has 0 aliphatic rings. The van der Waals surface area contributed by atoms with E-state index in [1.807, 2.05) is 36.4 Å². The van der Waals surface area contributed by atoms with E-state index < -0.39 is 15.9 Å². The summed E-state index contributed by atoms with van der Waals surface area (Å²) >= 11 is 0. The van der Waals surface area contributed by atoms with E-state index >= 15 is 0 Å². The Bertz CT molecular complexity index is 1490. The van der Waals surface area contributed by atoms with Crippen LogP contribution in [0, 0.1) is 0 Å². The first-order valence-corrected chi connectivity index (χ1v) is 12.5. The van der Waals surface area contributed by atoms with Gasteiger partial charge in [0.1, 0.15) is 5.75 Å². The molecular formula is C27H27N3O4S. The summed E-state index contributed by atoms with van der Waals surface area (Å²) in [4.78, 5) is 13.3. The second-order valence-corrected chi connectivity index (χ2v) is 10.1. The van der Waals surface area contributed by atoms with Crippen molar-refractivity contribution in [3.63, 3.8) is 0 Å². The average Bonchev–Trinajstić information content (AvgIpc) is 2.84. The molecule has 180 valence electrons. The van der Waals surface area contributed by atoms with Gasteiger partial charge in [-0.15, -0.1) is 0 Å². The van der Waals surface area contributed by atoms with Crippen LogP contribution in [0.1, 0.15) is 11.1 Å². The van der Waals surface area contributed by atoms with E-state index in [1.54, 1.807) is 43.5 Å².